The summed E-state index contributed by atoms with van der Waals surface area (Å²) in [6.07, 6.45) is 1.56. The largest absolute Gasteiger partial charge is 0.467 e. The Hall–Kier alpha value is -2.56. The van der Waals surface area contributed by atoms with Gasteiger partial charge in [-0.25, -0.2) is 0 Å². The molecule has 0 aliphatic heterocycles. The van der Waals surface area contributed by atoms with E-state index < -0.39 is 0 Å². The Bertz CT molecular complexity index is 620. The predicted molar refractivity (Wildman–Crippen MR) is 78.7 cm³/mol. The molecular formula is C16H18N2O3. The molecule has 21 heavy (non-hydrogen) atoms. The molecule has 0 unspecified atom stereocenters. The zero-order valence-electron chi connectivity index (χ0n) is 12.1. The minimum Gasteiger partial charge on any atom is -0.467 e. The van der Waals surface area contributed by atoms with Gasteiger partial charge in [0.2, 0.25) is 5.91 Å². The summed E-state index contributed by atoms with van der Waals surface area (Å²) in [6, 6.07) is 10.8. The summed E-state index contributed by atoms with van der Waals surface area (Å²) in [5.41, 5.74) is 1.46. The smallest absolute Gasteiger partial charge is 0.251 e. The molecule has 1 N–H and O–H groups in total. The summed E-state index contributed by atoms with van der Waals surface area (Å²) in [4.78, 5) is 25.5. The van der Waals surface area contributed by atoms with Crippen LogP contribution in [0, 0.1) is 6.92 Å². The fourth-order valence-corrected chi connectivity index (χ4v) is 1.94. The lowest BCUT2D eigenvalue weighted by Gasteiger charge is -2.16. The number of hydrogen-bond donors (Lipinski definition) is 1. The number of benzene rings is 1. The Morgan fingerprint density at radius 3 is 2.62 bits per heavy atom. The number of amides is 2. The summed E-state index contributed by atoms with van der Waals surface area (Å²) in [5.74, 6) is 0.289. The van der Waals surface area contributed by atoms with Crippen molar-refractivity contribution in [1.29, 1.82) is 0 Å². The highest BCUT2D eigenvalue weighted by Crippen LogP contribution is 2.07. The average molecular weight is 286 g/mol. The molecular weight excluding hydrogens is 268 g/mol. The fraction of sp³-hybridized carbons (Fsp3) is 0.250. The van der Waals surface area contributed by atoms with E-state index in [1.165, 1.54) is 4.90 Å². The quantitative estimate of drug-likeness (QED) is 0.914. The molecule has 0 saturated carbocycles. The van der Waals surface area contributed by atoms with Gasteiger partial charge in [0.1, 0.15) is 5.76 Å². The van der Waals surface area contributed by atoms with Crippen molar-refractivity contribution in [2.45, 2.75) is 13.5 Å². The highest BCUT2D eigenvalue weighted by molar-refractivity contribution is 5.97. The molecule has 2 amide bonds. The standard InChI is InChI=1S/C16H18N2O3/c1-12-6-3-4-8-14(12)16(20)17-10-15(19)18(2)11-13-7-5-9-21-13/h3-9H,10-11H2,1-2H3,(H,17,20). The molecule has 0 aliphatic rings. The third-order valence-electron chi connectivity index (χ3n) is 3.19. The van der Waals surface area contributed by atoms with E-state index in [9.17, 15) is 9.59 Å². The van der Waals surface area contributed by atoms with Gasteiger partial charge in [-0.05, 0) is 30.7 Å². The topological polar surface area (TPSA) is 62.6 Å². The lowest BCUT2D eigenvalue weighted by molar-refractivity contribution is -0.129. The van der Waals surface area contributed by atoms with Gasteiger partial charge in [0, 0.05) is 12.6 Å². The zero-order valence-corrected chi connectivity index (χ0v) is 12.1. The van der Waals surface area contributed by atoms with Crippen LogP contribution in [0.3, 0.4) is 0 Å². The molecule has 2 rings (SSSR count). The van der Waals surface area contributed by atoms with Gasteiger partial charge in [-0.1, -0.05) is 18.2 Å². The van der Waals surface area contributed by atoms with Gasteiger partial charge in [0.15, 0.2) is 0 Å². The first-order chi connectivity index (χ1) is 10.1. The summed E-state index contributed by atoms with van der Waals surface area (Å²) in [7, 11) is 1.67. The molecule has 0 atom stereocenters. The normalized spacial score (nSPS) is 10.2. The maximum Gasteiger partial charge on any atom is 0.251 e. The van der Waals surface area contributed by atoms with Gasteiger partial charge in [-0.3, -0.25) is 9.59 Å². The van der Waals surface area contributed by atoms with Crippen LogP contribution in [-0.4, -0.2) is 30.3 Å². The summed E-state index contributed by atoms with van der Waals surface area (Å²) >= 11 is 0. The summed E-state index contributed by atoms with van der Waals surface area (Å²) in [5, 5.41) is 2.64. The van der Waals surface area contributed by atoms with Crippen molar-refractivity contribution in [2.24, 2.45) is 0 Å². The number of likely N-dealkylation sites (N-methyl/N-ethyl adjacent to an activating group) is 1. The highest BCUT2D eigenvalue weighted by atomic mass is 16.3. The molecule has 1 aromatic carbocycles. The number of nitrogens with zero attached hydrogens (tertiary/aromatic N) is 1. The van der Waals surface area contributed by atoms with Crippen LogP contribution in [-0.2, 0) is 11.3 Å². The number of carbonyl (C=O) groups excluding carboxylic acids is 2. The zero-order chi connectivity index (χ0) is 15.2. The van der Waals surface area contributed by atoms with Crippen molar-refractivity contribution < 1.29 is 14.0 Å². The Morgan fingerprint density at radius 1 is 1.19 bits per heavy atom. The minimum absolute atomic E-state index is 0.0373. The molecule has 1 heterocycles. The second-order valence-corrected chi connectivity index (χ2v) is 4.83. The van der Waals surface area contributed by atoms with Crippen LogP contribution in [0.2, 0.25) is 0 Å². The van der Waals surface area contributed by atoms with E-state index in [0.717, 1.165) is 5.56 Å². The van der Waals surface area contributed by atoms with E-state index in [2.05, 4.69) is 5.32 Å². The molecule has 0 radical (unpaired) electrons. The lowest BCUT2D eigenvalue weighted by atomic mass is 10.1. The van der Waals surface area contributed by atoms with Gasteiger partial charge in [0.25, 0.3) is 5.91 Å². The number of furan rings is 1. The number of aryl methyl sites for hydroxylation is 1. The van der Waals surface area contributed by atoms with Gasteiger partial charge >= 0.3 is 0 Å². The van der Waals surface area contributed by atoms with Crippen LogP contribution in [0.25, 0.3) is 0 Å². The minimum atomic E-state index is -0.243. The second kappa shape index (κ2) is 6.74. The SMILES string of the molecule is Cc1ccccc1C(=O)NCC(=O)N(C)Cc1ccco1. The van der Waals surface area contributed by atoms with Gasteiger partial charge in [-0.15, -0.1) is 0 Å². The van der Waals surface area contributed by atoms with Crippen molar-refractivity contribution in [2.75, 3.05) is 13.6 Å². The first kappa shape index (κ1) is 14.8. The van der Waals surface area contributed by atoms with Crippen molar-refractivity contribution in [1.82, 2.24) is 10.2 Å². The third-order valence-corrected chi connectivity index (χ3v) is 3.19. The Balaban J connectivity index is 1.86. The molecule has 5 heteroatoms. The molecule has 0 saturated heterocycles. The van der Waals surface area contributed by atoms with E-state index >= 15 is 0 Å². The van der Waals surface area contributed by atoms with E-state index in [-0.39, 0.29) is 18.4 Å². The number of rotatable bonds is 5. The van der Waals surface area contributed by atoms with Gasteiger partial charge < -0.3 is 14.6 Å². The van der Waals surface area contributed by atoms with Gasteiger partial charge in [-0.2, -0.15) is 0 Å². The molecule has 0 bridgehead atoms. The molecule has 0 fully saturated rings. The molecule has 0 spiro atoms. The highest BCUT2D eigenvalue weighted by Gasteiger charge is 2.13. The van der Waals surface area contributed by atoms with Crippen LogP contribution < -0.4 is 5.32 Å². The van der Waals surface area contributed by atoms with Crippen molar-refractivity contribution in [3.8, 4) is 0 Å². The van der Waals surface area contributed by atoms with E-state index in [0.29, 0.717) is 17.9 Å². The average Bonchev–Trinajstić information content (AvgIpc) is 2.97. The van der Waals surface area contributed by atoms with Gasteiger partial charge in [0.05, 0.1) is 19.4 Å². The number of nitrogens with one attached hydrogen (secondary N) is 1. The maximum atomic E-state index is 12.0. The Labute approximate surface area is 123 Å². The Morgan fingerprint density at radius 2 is 1.95 bits per heavy atom. The van der Waals surface area contributed by atoms with Crippen molar-refractivity contribution in [3.05, 3.63) is 59.5 Å². The first-order valence-corrected chi connectivity index (χ1v) is 6.68. The predicted octanol–water partition coefficient (Wildman–Crippen LogP) is 1.98. The summed E-state index contributed by atoms with van der Waals surface area (Å²) < 4.78 is 5.18. The lowest BCUT2D eigenvalue weighted by Crippen LogP contribution is -2.37. The number of carbonyl (C=O) groups is 2. The van der Waals surface area contributed by atoms with E-state index in [4.69, 9.17) is 4.42 Å². The van der Waals surface area contributed by atoms with Crippen LogP contribution in [0.5, 0.6) is 0 Å². The van der Waals surface area contributed by atoms with Crippen LogP contribution in [0.15, 0.2) is 47.1 Å². The molecule has 1 aromatic heterocycles. The molecule has 0 aliphatic carbocycles. The van der Waals surface area contributed by atoms with E-state index in [1.807, 2.05) is 19.1 Å². The van der Waals surface area contributed by atoms with Crippen LogP contribution in [0.1, 0.15) is 21.7 Å². The van der Waals surface area contributed by atoms with Crippen LogP contribution >= 0.6 is 0 Å². The Kier molecular flexibility index (Phi) is 4.77. The van der Waals surface area contributed by atoms with E-state index in [1.54, 1.807) is 37.6 Å². The fourth-order valence-electron chi connectivity index (χ4n) is 1.94. The third kappa shape index (κ3) is 3.95. The van der Waals surface area contributed by atoms with Crippen LogP contribution in [0.4, 0.5) is 0 Å². The number of hydrogen-bond acceptors (Lipinski definition) is 3. The van der Waals surface area contributed by atoms with Crippen molar-refractivity contribution in [3.63, 3.8) is 0 Å². The molecule has 5 nitrogen and oxygen atoms in total. The monoisotopic (exact) mass is 286 g/mol. The molecule has 2 aromatic rings. The second-order valence-electron chi connectivity index (χ2n) is 4.83. The maximum absolute atomic E-state index is 12.0. The molecule has 110 valence electrons. The first-order valence-electron chi connectivity index (χ1n) is 6.68. The van der Waals surface area contributed by atoms with Crippen molar-refractivity contribution >= 4 is 11.8 Å². The summed E-state index contributed by atoms with van der Waals surface area (Å²) in [6.45, 7) is 2.20.